The van der Waals surface area contributed by atoms with Gasteiger partial charge >= 0.3 is 0 Å². The van der Waals surface area contributed by atoms with E-state index < -0.39 is 0 Å². The maximum Gasteiger partial charge on any atom is 0.243 e. The van der Waals surface area contributed by atoms with Crippen molar-refractivity contribution in [1.82, 2.24) is 15.5 Å². The zero-order chi connectivity index (χ0) is 21.1. The molecule has 0 aliphatic heterocycles. The summed E-state index contributed by atoms with van der Waals surface area (Å²) >= 11 is 0. The van der Waals surface area contributed by atoms with E-state index in [-0.39, 0.29) is 42.5 Å². The SMILES string of the molecule is C=C(C)CNC(=NCC(=O)N(C)C)NC(C)c1ccc(OCC)c(OCC)c1.I. The molecule has 7 nitrogen and oxygen atoms in total. The van der Waals surface area contributed by atoms with Crippen molar-refractivity contribution >= 4 is 35.8 Å². The minimum absolute atomic E-state index is 0. The fourth-order valence-electron chi connectivity index (χ4n) is 2.30. The lowest BCUT2D eigenvalue weighted by molar-refractivity contribution is -0.127. The van der Waals surface area contributed by atoms with Crippen LogP contribution in [-0.2, 0) is 4.79 Å². The maximum absolute atomic E-state index is 11.9. The summed E-state index contributed by atoms with van der Waals surface area (Å²) in [5.74, 6) is 1.93. The zero-order valence-electron chi connectivity index (χ0n) is 18.4. The summed E-state index contributed by atoms with van der Waals surface area (Å²) < 4.78 is 11.3. The Balaban J connectivity index is 0.00000784. The van der Waals surface area contributed by atoms with E-state index in [1.54, 1.807) is 14.1 Å². The molecule has 0 radical (unpaired) electrons. The Morgan fingerprint density at radius 1 is 1.21 bits per heavy atom. The van der Waals surface area contributed by atoms with E-state index in [1.807, 2.05) is 45.9 Å². The van der Waals surface area contributed by atoms with Gasteiger partial charge in [-0.1, -0.05) is 18.2 Å². The number of hydrogen-bond acceptors (Lipinski definition) is 4. The quantitative estimate of drug-likeness (QED) is 0.215. The molecule has 1 aromatic carbocycles. The number of aliphatic imine (C=N–C) groups is 1. The number of ether oxygens (including phenoxy) is 2. The molecule has 1 aromatic rings. The molecule has 0 bridgehead atoms. The smallest absolute Gasteiger partial charge is 0.243 e. The van der Waals surface area contributed by atoms with Gasteiger partial charge in [0.2, 0.25) is 5.91 Å². The van der Waals surface area contributed by atoms with Gasteiger partial charge in [-0.2, -0.15) is 0 Å². The number of benzene rings is 1. The average molecular weight is 518 g/mol. The molecule has 8 heteroatoms. The van der Waals surface area contributed by atoms with E-state index in [0.29, 0.717) is 31.5 Å². The third-order valence-corrected chi connectivity index (χ3v) is 3.85. The highest BCUT2D eigenvalue weighted by atomic mass is 127. The van der Waals surface area contributed by atoms with E-state index in [2.05, 4.69) is 22.2 Å². The van der Waals surface area contributed by atoms with E-state index >= 15 is 0 Å². The molecule has 1 atom stereocenters. The van der Waals surface area contributed by atoms with Crippen molar-refractivity contribution in [1.29, 1.82) is 0 Å². The van der Waals surface area contributed by atoms with Gasteiger partial charge in [-0.15, -0.1) is 24.0 Å². The monoisotopic (exact) mass is 518 g/mol. The topological polar surface area (TPSA) is 75.2 Å². The van der Waals surface area contributed by atoms with E-state index in [0.717, 1.165) is 16.9 Å². The molecule has 0 heterocycles. The highest BCUT2D eigenvalue weighted by Crippen LogP contribution is 2.30. The molecule has 0 saturated carbocycles. The number of likely N-dealkylation sites (N-methyl/N-ethyl adjacent to an activating group) is 1. The van der Waals surface area contributed by atoms with Gasteiger partial charge in [0.25, 0.3) is 0 Å². The summed E-state index contributed by atoms with van der Waals surface area (Å²) in [5.41, 5.74) is 2.00. The van der Waals surface area contributed by atoms with Crippen molar-refractivity contribution in [2.75, 3.05) is 40.4 Å². The summed E-state index contributed by atoms with van der Waals surface area (Å²) in [7, 11) is 3.42. The van der Waals surface area contributed by atoms with Gasteiger partial charge in [-0.25, -0.2) is 4.99 Å². The highest BCUT2D eigenvalue weighted by molar-refractivity contribution is 14.0. The molecule has 2 N–H and O–H groups in total. The van der Waals surface area contributed by atoms with Gasteiger partial charge in [0.15, 0.2) is 17.5 Å². The van der Waals surface area contributed by atoms with Gasteiger partial charge in [-0.05, 0) is 45.4 Å². The van der Waals surface area contributed by atoms with Gasteiger partial charge < -0.3 is 25.0 Å². The van der Waals surface area contributed by atoms with Crippen LogP contribution in [0.1, 0.15) is 39.3 Å². The summed E-state index contributed by atoms with van der Waals surface area (Å²) in [6.45, 7) is 13.5. The van der Waals surface area contributed by atoms with Crippen LogP contribution in [0.5, 0.6) is 11.5 Å². The fourth-order valence-corrected chi connectivity index (χ4v) is 2.30. The van der Waals surface area contributed by atoms with Crippen molar-refractivity contribution in [3.63, 3.8) is 0 Å². The molecule has 164 valence electrons. The van der Waals surface area contributed by atoms with Crippen LogP contribution in [0.2, 0.25) is 0 Å². The number of nitrogens with zero attached hydrogens (tertiary/aromatic N) is 2. The Morgan fingerprint density at radius 3 is 2.38 bits per heavy atom. The standard InChI is InChI=1S/C21H34N4O3.HI/c1-8-27-18-11-10-17(12-19(18)28-9-2)16(5)24-21(22-13-15(3)4)23-14-20(26)25(6)7;/h10-12,16H,3,8-9,13-14H2,1-2,4-7H3,(H2,22,23,24);1H. The molecule has 1 unspecified atom stereocenters. The predicted octanol–water partition coefficient (Wildman–Crippen LogP) is 3.36. The van der Waals surface area contributed by atoms with Crippen LogP contribution in [0.15, 0.2) is 35.3 Å². The first-order chi connectivity index (χ1) is 13.3. The molecule has 1 rings (SSSR count). The number of guanidine groups is 1. The Morgan fingerprint density at radius 2 is 1.83 bits per heavy atom. The van der Waals surface area contributed by atoms with Gasteiger partial charge in [0.05, 0.1) is 19.3 Å². The highest BCUT2D eigenvalue weighted by Gasteiger charge is 2.13. The van der Waals surface area contributed by atoms with Gasteiger partial charge in [-0.3, -0.25) is 4.79 Å². The van der Waals surface area contributed by atoms with Crippen LogP contribution in [0.25, 0.3) is 0 Å². The lowest BCUT2D eigenvalue weighted by Crippen LogP contribution is -2.40. The summed E-state index contributed by atoms with van der Waals surface area (Å²) in [4.78, 5) is 17.8. The maximum atomic E-state index is 11.9. The number of halogens is 1. The molecule has 0 aromatic heterocycles. The lowest BCUT2D eigenvalue weighted by Gasteiger charge is -2.20. The fraction of sp³-hybridized carbons (Fsp3) is 0.524. The first-order valence-corrected chi connectivity index (χ1v) is 9.57. The summed E-state index contributed by atoms with van der Waals surface area (Å²) in [5, 5.41) is 6.53. The Kier molecular flexibility index (Phi) is 13.1. The Hall–Kier alpha value is -1.97. The zero-order valence-corrected chi connectivity index (χ0v) is 20.7. The van der Waals surface area contributed by atoms with Gasteiger partial charge in [0.1, 0.15) is 6.54 Å². The molecule has 0 aliphatic rings. The number of nitrogens with one attached hydrogen (secondary N) is 2. The van der Waals surface area contributed by atoms with Crippen LogP contribution >= 0.6 is 24.0 Å². The van der Waals surface area contributed by atoms with Crippen molar-refractivity contribution < 1.29 is 14.3 Å². The van der Waals surface area contributed by atoms with Crippen LogP contribution in [0.3, 0.4) is 0 Å². The van der Waals surface area contributed by atoms with Gasteiger partial charge in [0, 0.05) is 20.6 Å². The van der Waals surface area contributed by atoms with E-state index in [4.69, 9.17) is 9.47 Å². The second kappa shape index (κ2) is 14.1. The van der Waals surface area contributed by atoms with Crippen molar-refractivity contribution in [2.45, 2.75) is 33.7 Å². The van der Waals surface area contributed by atoms with Crippen LogP contribution in [-0.4, -0.2) is 57.2 Å². The number of hydrogen-bond donors (Lipinski definition) is 2. The molecule has 1 amide bonds. The first kappa shape index (κ1) is 27.0. The number of rotatable bonds is 10. The normalized spacial score (nSPS) is 11.7. The Bertz CT molecular complexity index is 693. The second-order valence-corrected chi connectivity index (χ2v) is 6.70. The summed E-state index contributed by atoms with van der Waals surface area (Å²) in [6, 6.07) is 5.82. The minimum atomic E-state index is -0.0659. The van der Waals surface area contributed by atoms with Crippen LogP contribution in [0.4, 0.5) is 0 Å². The first-order valence-electron chi connectivity index (χ1n) is 9.57. The largest absolute Gasteiger partial charge is 0.490 e. The van der Waals surface area contributed by atoms with Crippen molar-refractivity contribution in [3.05, 3.63) is 35.9 Å². The predicted molar refractivity (Wildman–Crippen MR) is 130 cm³/mol. The molecular formula is C21H35IN4O3. The third kappa shape index (κ3) is 9.87. The van der Waals surface area contributed by atoms with Crippen molar-refractivity contribution in [2.24, 2.45) is 4.99 Å². The number of amides is 1. The van der Waals surface area contributed by atoms with E-state index in [9.17, 15) is 4.79 Å². The second-order valence-electron chi connectivity index (χ2n) is 6.70. The molecule has 29 heavy (non-hydrogen) atoms. The molecule has 0 spiro atoms. The number of carbonyl (C=O) groups is 1. The lowest BCUT2D eigenvalue weighted by atomic mass is 10.1. The molecular weight excluding hydrogens is 483 g/mol. The van der Waals surface area contributed by atoms with E-state index in [1.165, 1.54) is 4.90 Å². The number of carbonyl (C=O) groups excluding carboxylic acids is 1. The minimum Gasteiger partial charge on any atom is -0.490 e. The molecule has 0 aliphatic carbocycles. The summed E-state index contributed by atoms with van der Waals surface area (Å²) in [6.07, 6.45) is 0. The van der Waals surface area contributed by atoms with Crippen LogP contribution in [0, 0.1) is 0 Å². The van der Waals surface area contributed by atoms with Crippen molar-refractivity contribution in [3.8, 4) is 11.5 Å². The molecule has 0 fully saturated rings. The van der Waals surface area contributed by atoms with Crippen LogP contribution < -0.4 is 20.1 Å². The Labute approximate surface area is 192 Å². The molecule has 0 saturated heterocycles. The average Bonchev–Trinajstić information content (AvgIpc) is 2.65. The third-order valence-electron chi connectivity index (χ3n) is 3.85.